The summed E-state index contributed by atoms with van der Waals surface area (Å²) in [6, 6.07) is 0. The second-order valence-electron chi connectivity index (χ2n) is 2.55. The molecule has 0 aromatic carbocycles. The fourth-order valence-electron chi connectivity index (χ4n) is 1.07. The molecule has 48 valence electrons. The molecule has 4 atom stereocenters. The Bertz CT molecular complexity index is 76.5. The monoisotopic (exact) mass is 149 g/mol. The molecular weight excluding hydrogens is 136 g/mol. The minimum atomic E-state index is 0.796. The highest BCUT2D eigenvalue weighted by Gasteiger charge is 2.22. The lowest BCUT2D eigenvalue weighted by atomic mass is 10.4. The fourth-order valence-corrected chi connectivity index (χ4v) is 2.03. The lowest BCUT2D eigenvalue weighted by molar-refractivity contribution is 0.420. The van der Waals surface area contributed by atoms with Gasteiger partial charge in [0.15, 0.2) is 0 Å². The van der Waals surface area contributed by atoms with E-state index in [1.807, 2.05) is 0 Å². The van der Waals surface area contributed by atoms with Crippen LogP contribution in [0.5, 0.6) is 0 Å². The summed E-state index contributed by atoms with van der Waals surface area (Å²) in [5.74, 6) is 0. The van der Waals surface area contributed by atoms with Crippen LogP contribution in [-0.4, -0.2) is 36.4 Å². The Hall–Kier alpha value is 0.820. The standard InChI is InChI=1S/C5H13NP2/c1-6-2-4(7)5(8)3-6/h4-5H,2-3,7-8H2,1H3/t4-,5?/m0/s1. The molecule has 3 heteroatoms. The lowest BCUT2D eigenvalue weighted by Crippen LogP contribution is -2.13. The summed E-state index contributed by atoms with van der Waals surface area (Å²) >= 11 is 0. The second-order valence-corrected chi connectivity index (χ2v) is 4.26. The summed E-state index contributed by atoms with van der Waals surface area (Å²) in [5, 5.41) is 0. The molecule has 1 rings (SSSR count). The van der Waals surface area contributed by atoms with Crippen molar-refractivity contribution in [1.29, 1.82) is 0 Å². The number of hydrogen-bond donors (Lipinski definition) is 0. The van der Waals surface area contributed by atoms with Crippen molar-refractivity contribution in [3.05, 3.63) is 0 Å². The number of nitrogens with zero attached hydrogens (tertiary/aromatic N) is 1. The quantitative estimate of drug-likeness (QED) is 0.451. The first-order valence-corrected chi connectivity index (χ1v) is 4.23. The van der Waals surface area contributed by atoms with Crippen LogP contribution in [-0.2, 0) is 0 Å². The first kappa shape index (κ1) is 6.93. The molecule has 0 amide bonds. The third-order valence-corrected chi connectivity index (χ3v) is 3.45. The SMILES string of the molecule is CN1CC(P)[C@@H](P)C1. The van der Waals surface area contributed by atoms with E-state index >= 15 is 0 Å². The van der Waals surface area contributed by atoms with Crippen molar-refractivity contribution in [1.82, 2.24) is 4.90 Å². The zero-order chi connectivity index (χ0) is 6.15. The van der Waals surface area contributed by atoms with Gasteiger partial charge in [-0.3, -0.25) is 0 Å². The van der Waals surface area contributed by atoms with Crippen molar-refractivity contribution in [2.45, 2.75) is 11.3 Å². The maximum atomic E-state index is 2.87. The van der Waals surface area contributed by atoms with Gasteiger partial charge < -0.3 is 4.90 Å². The first-order valence-electron chi connectivity index (χ1n) is 2.90. The van der Waals surface area contributed by atoms with Gasteiger partial charge in [0.2, 0.25) is 0 Å². The highest BCUT2D eigenvalue weighted by Crippen LogP contribution is 2.22. The second kappa shape index (κ2) is 2.60. The van der Waals surface area contributed by atoms with Gasteiger partial charge in [-0.05, 0) is 18.4 Å². The summed E-state index contributed by atoms with van der Waals surface area (Å²) in [6.07, 6.45) is 0. The molecule has 1 heterocycles. The van der Waals surface area contributed by atoms with Crippen molar-refractivity contribution >= 4 is 18.5 Å². The Labute approximate surface area is 55.6 Å². The van der Waals surface area contributed by atoms with Crippen LogP contribution in [0.15, 0.2) is 0 Å². The average molecular weight is 149 g/mol. The summed E-state index contributed by atoms with van der Waals surface area (Å²) in [4.78, 5) is 2.36. The Kier molecular flexibility index (Phi) is 2.26. The van der Waals surface area contributed by atoms with Crippen LogP contribution in [0.25, 0.3) is 0 Å². The summed E-state index contributed by atoms with van der Waals surface area (Å²) in [5.41, 5.74) is 1.59. The topological polar surface area (TPSA) is 3.24 Å². The molecular formula is C5H13NP2. The van der Waals surface area contributed by atoms with Gasteiger partial charge in [0.25, 0.3) is 0 Å². The summed E-state index contributed by atoms with van der Waals surface area (Å²) in [6.45, 7) is 2.47. The summed E-state index contributed by atoms with van der Waals surface area (Å²) < 4.78 is 0. The molecule has 1 aliphatic rings. The van der Waals surface area contributed by atoms with Gasteiger partial charge in [0.05, 0.1) is 0 Å². The molecule has 0 aromatic heterocycles. The van der Waals surface area contributed by atoms with E-state index in [1.54, 1.807) is 0 Å². The van der Waals surface area contributed by atoms with Crippen LogP contribution in [0.3, 0.4) is 0 Å². The molecule has 0 saturated carbocycles. The van der Waals surface area contributed by atoms with Crippen LogP contribution in [0.4, 0.5) is 0 Å². The number of rotatable bonds is 0. The van der Waals surface area contributed by atoms with Crippen molar-refractivity contribution < 1.29 is 0 Å². The Morgan fingerprint density at radius 3 is 1.75 bits per heavy atom. The Morgan fingerprint density at radius 1 is 1.25 bits per heavy atom. The molecule has 0 N–H and O–H groups in total. The van der Waals surface area contributed by atoms with E-state index < -0.39 is 0 Å². The van der Waals surface area contributed by atoms with Crippen molar-refractivity contribution in [2.75, 3.05) is 20.1 Å². The Balaban J connectivity index is 2.39. The molecule has 3 unspecified atom stereocenters. The molecule has 1 fully saturated rings. The first-order chi connectivity index (χ1) is 3.70. The molecule has 0 bridgehead atoms. The van der Waals surface area contributed by atoms with Crippen LogP contribution in [0.2, 0.25) is 0 Å². The van der Waals surface area contributed by atoms with Crippen LogP contribution >= 0.6 is 18.5 Å². The maximum Gasteiger partial charge on any atom is 0.00479 e. The largest absolute Gasteiger partial charge is 0.305 e. The van der Waals surface area contributed by atoms with E-state index in [9.17, 15) is 0 Å². The molecule has 1 aliphatic heterocycles. The normalized spacial score (nSPS) is 40.9. The third-order valence-electron chi connectivity index (χ3n) is 1.59. The zero-order valence-electron chi connectivity index (χ0n) is 5.17. The minimum Gasteiger partial charge on any atom is -0.305 e. The third kappa shape index (κ3) is 1.41. The minimum absolute atomic E-state index is 0.796. The van der Waals surface area contributed by atoms with E-state index in [4.69, 9.17) is 0 Å². The van der Waals surface area contributed by atoms with E-state index in [1.165, 1.54) is 13.1 Å². The molecule has 0 aromatic rings. The molecule has 0 spiro atoms. The molecule has 0 radical (unpaired) electrons. The smallest absolute Gasteiger partial charge is 0.00479 e. The molecule has 0 aliphatic carbocycles. The van der Waals surface area contributed by atoms with Gasteiger partial charge in [-0.1, -0.05) is 0 Å². The number of likely N-dealkylation sites (tertiary alicyclic amines) is 1. The molecule has 1 saturated heterocycles. The van der Waals surface area contributed by atoms with Gasteiger partial charge >= 0.3 is 0 Å². The Morgan fingerprint density at radius 2 is 1.62 bits per heavy atom. The van der Waals surface area contributed by atoms with Crippen LogP contribution < -0.4 is 0 Å². The van der Waals surface area contributed by atoms with Gasteiger partial charge in [0, 0.05) is 13.1 Å². The predicted molar refractivity (Wildman–Crippen MR) is 44.5 cm³/mol. The van der Waals surface area contributed by atoms with Gasteiger partial charge in [0.1, 0.15) is 0 Å². The van der Waals surface area contributed by atoms with E-state index in [2.05, 4.69) is 30.4 Å². The fraction of sp³-hybridized carbons (Fsp3) is 1.00. The van der Waals surface area contributed by atoms with E-state index in [0.29, 0.717) is 0 Å². The summed E-state index contributed by atoms with van der Waals surface area (Å²) in [7, 11) is 7.91. The molecule has 8 heavy (non-hydrogen) atoms. The van der Waals surface area contributed by atoms with Gasteiger partial charge in [-0.15, -0.1) is 18.5 Å². The van der Waals surface area contributed by atoms with Gasteiger partial charge in [-0.25, -0.2) is 0 Å². The van der Waals surface area contributed by atoms with Crippen molar-refractivity contribution in [2.24, 2.45) is 0 Å². The molecule has 1 nitrogen and oxygen atoms in total. The van der Waals surface area contributed by atoms with E-state index in [-0.39, 0.29) is 0 Å². The highest BCUT2D eigenvalue weighted by molar-refractivity contribution is 7.23. The van der Waals surface area contributed by atoms with Crippen molar-refractivity contribution in [3.8, 4) is 0 Å². The predicted octanol–water partition coefficient (Wildman–Crippen LogP) is 0.419. The van der Waals surface area contributed by atoms with Crippen LogP contribution in [0, 0.1) is 0 Å². The van der Waals surface area contributed by atoms with Gasteiger partial charge in [-0.2, -0.15) is 0 Å². The van der Waals surface area contributed by atoms with Crippen molar-refractivity contribution in [3.63, 3.8) is 0 Å². The number of hydrogen-bond acceptors (Lipinski definition) is 1. The van der Waals surface area contributed by atoms with E-state index in [0.717, 1.165) is 11.3 Å². The maximum absolute atomic E-state index is 2.87. The average Bonchev–Trinajstić information content (AvgIpc) is 1.85. The van der Waals surface area contributed by atoms with Crippen LogP contribution in [0.1, 0.15) is 0 Å². The lowest BCUT2D eigenvalue weighted by Gasteiger charge is -2.03. The zero-order valence-corrected chi connectivity index (χ0v) is 7.48. The highest BCUT2D eigenvalue weighted by atomic mass is 31.0.